The van der Waals surface area contributed by atoms with Crippen molar-refractivity contribution in [1.29, 1.82) is 0 Å². The number of allylic oxidation sites excluding steroid dienone is 1. The highest BCUT2D eigenvalue weighted by molar-refractivity contribution is 6.02. The van der Waals surface area contributed by atoms with E-state index in [1.807, 2.05) is 0 Å². The van der Waals surface area contributed by atoms with Gasteiger partial charge in [-0.2, -0.15) is 0 Å². The van der Waals surface area contributed by atoms with E-state index in [9.17, 15) is 4.79 Å². The molecule has 0 aliphatic carbocycles. The van der Waals surface area contributed by atoms with E-state index in [2.05, 4.69) is 5.32 Å². The lowest BCUT2D eigenvalue weighted by Crippen LogP contribution is -1.96. The van der Waals surface area contributed by atoms with Crippen LogP contribution in [-0.4, -0.2) is 20.0 Å². The number of methoxy groups -OCH3 is 2. The first-order valence-corrected chi connectivity index (χ1v) is 5.97. The van der Waals surface area contributed by atoms with Crippen LogP contribution in [0.2, 0.25) is 0 Å². The van der Waals surface area contributed by atoms with Gasteiger partial charge < -0.3 is 19.2 Å². The monoisotopic (exact) mass is 273 g/mol. The minimum absolute atomic E-state index is 0.213. The number of anilines is 1. The third-order valence-electron chi connectivity index (χ3n) is 2.65. The van der Waals surface area contributed by atoms with Gasteiger partial charge in [0.15, 0.2) is 5.76 Å². The zero-order valence-electron chi connectivity index (χ0n) is 11.3. The normalized spacial score (nSPS) is 10.5. The third kappa shape index (κ3) is 3.20. The highest BCUT2D eigenvalue weighted by Crippen LogP contribution is 2.28. The summed E-state index contributed by atoms with van der Waals surface area (Å²) in [6, 6.07) is 8.64. The SMILES string of the molecule is COc1ccc(NC=CC(=O)c2ccco2)c(OC)c1. The van der Waals surface area contributed by atoms with Crippen molar-refractivity contribution in [2.24, 2.45) is 0 Å². The maximum absolute atomic E-state index is 11.7. The molecule has 0 aliphatic heterocycles. The predicted molar refractivity (Wildman–Crippen MR) is 75.3 cm³/mol. The minimum atomic E-state index is -0.213. The van der Waals surface area contributed by atoms with Crippen LogP contribution in [0, 0.1) is 0 Å². The fraction of sp³-hybridized carbons (Fsp3) is 0.133. The molecule has 0 fully saturated rings. The van der Waals surface area contributed by atoms with Crippen LogP contribution < -0.4 is 14.8 Å². The van der Waals surface area contributed by atoms with E-state index in [0.717, 1.165) is 5.69 Å². The average molecular weight is 273 g/mol. The van der Waals surface area contributed by atoms with Gasteiger partial charge >= 0.3 is 0 Å². The Morgan fingerprint density at radius 1 is 1.25 bits per heavy atom. The van der Waals surface area contributed by atoms with E-state index in [-0.39, 0.29) is 5.78 Å². The molecule has 0 saturated heterocycles. The van der Waals surface area contributed by atoms with Gasteiger partial charge in [0.25, 0.3) is 0 Å². The van der Waals surface area contributed by atoms with Crippen molar-refractivity contribution in [3.05, 3.63) is 54.6 Å². The van der Waals surface area contributed by atoms with E-state index >= 15 is 0 Å². The van der Waals surface area contributed by atoms with Crippen LogP contribution in [0.4, 0.5) is 5.69 Å². The summed E-state index contributed by atoms with van der Waals surface area (Å²) >= 11 is 0. The van der Waals surface area contributed by atoms with Crippen molar-refractivity contribution in [2.75, 3.05) is 19.5 Å². The Morgan fingerprint density at radius 2 is 2.10 bits per heavy atom. The quantitative estimate of drug-likeness (QED) is 0.647. The molecule has 1 N–H and O–H groups in total. The van der Waals surface area contributed by atoms with E-state index in [4.69, 9.17) is 13.9 Å². The van der Waals surface area contributed by atoms with E-state index in [0.29, 0.717) is 17.3 Å². The number of nitrogens with one attached hydrogen (secondary N) is 1. The molecular weight excluding hydrogens is 258 g/mol. The number of benzene rings is 1. The van der Waals surface area contributed by atoms with Crippen molar-refractivity contribution in [1.82, 2.24) is 0 Å². The lowest BCUT2D eigenvalue weighted by atomic mass is 10.2. The number of hydrogen-bond acceptors (Lipinski definition) is 5. The van der Waals surface area contributed by atoms with Gasteiger partial charge in [-0.25, -0.2) is 0 Å². The van der Waals surface area contributed by atoms with Gasteiger partial charge in [0, 0.05) is 18.3 Å². The summed E-state index contributed by atoms with van der Waals surface area (Å²) in [6.07, 6.45) is 4.39. The lowest BCUT2D eigenvalue weighted by molar-refractivity contribution is 0.102. The molecule has 1 aromatic heterocycles. The summed E-state index contributed by atoms with van der Waals surface area (Å²) in [5.41, 5.74) is 0.733. The van der Waals surface area contributed by atoms with Crippen LogP contribution in [0.1, 0.15) is 10.6 Å². The number of carbonyl (C=O) groups excluding carboxylic acids is 1. The molecule has 5 nitrogen and oxygen atoms in total. The first kappa shape index (κ1) is 13.7. The van der Waals surface area contributed by atoms with Crippen LogP contribution >= 0.6 is 0 Å². The second kappa shape index (κ2) is 6.47. The Balaban J connectivity index is 2.05. The summed E-state index contributed by atoms with van der Waals surface area (Å²) in [5, 5.41) is 2.98. The van der Waals surface area contributed by atoms with Crippen molar-refractivity contribution < 1.29 is 18.7 Å². The number of carbonyl (C=O) groups is 1. The molecule has 0 aliphatic rings. The zero-order valence-corrected chi connectivity index (χ0v) is 11.3. The molecule has 2 rings (SSSR count). The Hall–Kier alpha value is -2.69. The first-order chi connectivity index (χ1) is 9.74. The molecule has 20 heavy (non-hydrogen) atoms. The predicted octanol–water partition coefficient (Wildman–Crippen LogP) is 3.11. The molecule has 0 atom stereocenters. The Labute approximate surface area is 116 Å². The molecular formula is C15H15NO4. The standard InChI is InChI=1S/C15H15NO4/c1-18-11-5-6-12(15(10-11)19-2)16-8-7-13(17)14-4-3-9-20-14/h3-10,16H,1-2H3. The van der Waals surface area contributed by atoms with Crippen molar-refractivity contribution >= 4 is 11.5 Å². The van der Waals surface area contributed by atoms with Crippen LogP contribution in [0.15, 0.2) is 53.3 Å². The fourth-order valence-electron chi connectivity index (χ4n) is 1.63. The second-order valence-electron chi connectivity index (χ2n) is 3.89. The molecule has 1 aromatic carbocycles. The Kier molecular flexibility index (Phi) is 4.44. The van der Waals surface area contributed by atoms with Crippen molar-refractivity contribution in [2.45, 2.75) is 0 Å². The number of furan rings is 1. The molecule has 0 unspecified atom stereocenters. The van der Waals surface area contributed by atoms with Gasteiger partial charge in [0.1, 0.15) is 11.5 Å². The lowest BCUT2D eigenvalue weighted by Gasteiger charge is -2.09. The highest BCUT2D eigenvalue weighted by atomic mass is 16.5. The second-order valence-corrected chi connectivity index (χ2v) is 3.89. The molecule has 0 saturated carbocycles. The summed E-state index contributed by atoms with van der Waals surface area (Å²) in [4.78, 5) is 11.7. The van der Waals surface area contributed by atoms with Crippen LogP contribution in [0.5, 0.6) is 11.5 Å². The molecule has 0 spiro atoms. The number of ether oxygens (including phenoxy) is 2. The molecule has 104 valence electrons. The largest absolute Gasteiger partial charge is 0.497 e. The maximum Gasteiger partial charge on any atom is 0.222 e. The van der Waals surface area contributed by atoms with E-state index in [1.54, 1.807) is 44.6 Å². The van der Waals surface area contributed by atoms with Crippen LogP contribution in [0.3, 0.4) is 0 Å². The zero-order chi connectivity index (χ0) is 14.4. The molecule has 0 radical (unpaired) electrons. The van der Waals surface area contributed by atoms with Gasteiger partial charge in [-0.1, -0.05) is 0 Å². The summed E-state index contributed by atoms with van der Waals surface area (Å²) in [5.74, 6) is 1.40. The van der Waals surface area contributed by atoms with Gasteiger partial charge in [-0.15, -0.1) is 0 Å². The molecule has 5 heteroatoms. The van der Waals surface area contributed by atoms with Crippen LogP contribution in [0.25, 0.3) is 0 Å². The van der Waals surface area contributed by atoms with Crippen molar-refractivity contribution in [3.8, 4) is 11.5 Å². The summed E-state index contributed by atoms with van der Waals surface area (Å²) in [7, 11) is 3.15. The number of rotatable bonds is 6. The number of ketones is 1. The highest BCUT2D eigenvalue weighted by Gasteiger charge is 2.05. The fourth-order valence-corrected chi connectivity index (χ4v) is 1.63. The van der Waals surface area contributed by atoms with Gasteiger partial charge in [0.05, 0.1) is 26.2 Å². The van der Waals surface area contributed by atoms with Gasteiger partial charge in [-0.05, 0) is 24.3 Å². The smallest absolute Gasteiger partial charge is 0.222 e. The molecule has 1 heterocycles. The minimum Gasteiger partial charge on any atom is -0.497 e. The van der Waals surface area contributed by atoms with E-state index in [1.165, 1.54) is 18.5 Å². The maximum atomic E-state index is 11.7. The number of hydrogen-bond donors (Lipinski definition) is 1. The molecule has 0 bridgehead atoms. The van der Waals surface area contributed by atoms with Gasteiger partial charge in [-0.3, -0.25) is 4.79 Å². The topological polar surface area (TPSA) is 60.7 Å². The van der Waals surface area contributed by atoms with Crippen LogP contribution in [-0.2, 0) is 0 Å². The molecule has 0 amide bonds. The first-order valence-electron chi connectivity index (χ1n) is 5.97. The average Bonchev–Trinajstić information content (AvgIpc) is 3.01. The van der Waals surface area contributed by atoms with Gasteiger partial charge in [0.2, 0.25) is 5.78 Å². The Morgan fingerprint density at radius 3 is 2.75 bits per heavy atom. The molecule has 2 aromatic rings. The summed E-state index contributed by atoms with van der Waals surface area (Å²) < 4.78 is 15.4. The Bertz CT molecular complexity index is 602. The third-order valence-corrected chi connectivity index (χ3v) is 2.65. The summed E-state index contributed by atoms with van der Waals surface area (Å²) in [6.45, 7) is 0. The van der Waals surface area contributed by atoms with E-state index < -0.39 is 0 Å². The van der Waals surface area contributed by atoms with Crippen molar-refractivity contribution in [3.63, 3.8) is 0 Å².